The van der Waals surface area contributed by atoms with Gasteiger partial charge in [-0.05, 0) is 25.0 Å². The molecule has 72 valence electrons. The van der Waals surface area contributed by atoms with Gasteiger partial charge in [0, 0.05) is 12.8 Å². The van der Waals surface area contributed by atoms with Crippen molar-refractivity contribution in [3.05, 3.63) is 23.6 Å². The van der Waals surface area contributed by atoms with Crippen molar-refractivity contribution in [2.24, 2.45) is 0 Å². The molecule has 0 amide bonds. The fraction of sp³-hybridized carbons (Fsp3) is 0.444. The fourth-order valence-corrected chi connectivity index (χ4v) is 1.01. The second-order valence-electron chi connectivity index (χ2n) is 2.50. The molecule has 13 heavy (non-hydrogen) atoms. The minimum Gasteiger partial charge on any atom is -0.476 e. The highest BCUT2D eigenvalue weighted by Gasteiger charge is 2.09. The number of aliphatic hydroxyl groups excluding tert-OH is 1. The standard InChI is InChI=1S/C9H12FNO2/c1-2-13-9-8(10)7(4-6-12)3-5-11-9/h3,5,12H,2,4,6H2,1H3. The predicted molar refractivity (Wildman–Crippen MR) is 46.2 cm³/mol. The lowest BCUT2D eigenvalue weighted by molar-refractivity contribution is 0.290. The van der Waals surface area contributed by atoms with Crippen LogP contribution in [0.25, 0.3) is 0 Å². The number of nitrogens with zero attached hydrogens (tertiary/aromatic N) is 1. The zero-order chi connectivity index (χ0) is 9.68. The number of hydrogen-bond donors (Lipinski definition) is 1. The molecule has 4 heteroatoms. The quantitative estimate of drug-likeness (QED) is 0.765. The molecular weight excluding hydrogens is 173 g/mol. The van der Waals surface area contributed by atoms with E-state index in [-0.39, 0.29) is 18.9 Å². The zero-order valence-electron chi connectivity index (χ0n) is 7.46. The second-order valence-corrected chi connectivity index (χ2v) is 2.50. The Morgan fingerprint density at radius 3 is 3.00 bits per heavy atom. The average Bonchev–Trinajstić information content (AvgIpc) is 2.13. The molecule has 0 bridgehead atoms. The smallest absolute Gasteiger partial charge is 0.250 e. The molecule has 0 saturated heterocycles. The number of pyridine rings is 1. The number of halogens is 1. The molecule has 1 aromatic rings. The van der Waals surface area contributed by atoms with Crippen LogP contribution < -0.4 is 4.74 Å². The summed E-state index contributed by atoms with van der Waals surface area (Å²) in [5.41, 5.74) is 0.431. The summed E-state index contributed by atoms with van der Waals surface area (Å²) in [6.45, 7) is 2.07. The highest BCUT2D eigenvalue weighted by molar-refractivity contribution is 5.23. The Morgan fingerprint density at radius 2 is 2.38 bits per heavy atom. The van der Waals surface area contributed by atoms with Crippen LogP contribution in [0.3, 0.4) is 0 Å². The average molecular weight is 185 g/mol. The van der Waals surface area contributed by atoms with Gasteiger partial charge in [0.2, 0.25) is 0 Å². The molecule has 1 heterocycles. The van der Waals surface area contributed by atoms with E-state index in [0.29, 0.717) is 12.2 Å². The largest absolute Gasteiger partial charge is 0.476 e. The Labute approximate surface area is 76.2 Å². The molecule has 0 aromatic carbocycles. The maximum atomic E-state index is 13.3. The molecule has 1 N–H and O–H groups in total. The maximum Gasteiger partial charge on any atom is 0.250 e. The van der Waals surface area contributed by atoms with Crippen molar-refractivity contribution in [2.75, 3.05) is 13.2 Å². The van der Waals surface area contributed by atoms with Crippen LogP contribution in [0, 0.1) is 5.82 Å². The number of aromatic nitrogens is 1. The normalized spacial score (nSPS) is 10.1. The first-order valence-electron chi connectivity index (χ1n) is 4.16. The number of ether oxygens (including phenoxy) is 1. The molecule has 0 fully saturated rings. The van der Waals surface area contributed by atoms with Gasteiger partial charge in [-0.15, -0.1) is 0 Å². The van der Waals surface area contributed by atoms with E-state index in [4.69, 9.17) is 9.84 Å². The van der Waals surface area contributed by atoms with Gasteiger partial charge in [0.05, 0.1) is 6.61 Å². The highest BCUT2D eigenvalue weighted by Crippen LogP contribution is 2.17. The Morgan fingerprint density at radius 1 is 1.62 bits per heavy atom. The van der Waals surface area contributed by atoms with Crippen LogP contribution in [0.4, 0.5) is 4.39 Å². The van der Waals surface area contributed by atoms with E-state index < -0.39 is 5.82 Å². The topological polar surface area (TPSA) is 42.4 Å². The molecule has 0 atom stereocenters. The van der Waals surface area contributed by atoms with Crippen molar-refractivity contribution in [1.29, 1.82) is 0 Å². The number of hydrogen-bond acceptors (Lipinski definition) is 3. The first-order chi connectivity index (χ1) is 6.29. The molecule has 3 nitrogen and oxygen atoms in total. The molecule has 0 aliphatic rings. The first kappa shape index (κ1) is 9.92. The van der Waals surface area contributed by atoms with Crippen LogP contribution in [0.1, 0.15) is 12.5 Å². The summed E-state index contributed by atoms with van der Waals surface area (Å²) >= 11 is 0. The van der Waals surface area contributed by atoms with Gasteiger partial charge >= 0.3 is 0 Å². The van der Waals surface area contributed by atoms with Gasteiger partial charge in [0.15, 0.2) is 5.82 Å². The third-order valence-electron chi connectivity index (χ3n) is 1.60. The molecule has 0 spiro atoms. The summed E-state index contributed by atoms with van der Waals surface area (Å²) in [6, 6.07) is 1.54. The molecule has 0 aliphatic carbocycles. The molecule has 0 unspecified atom stereocenters. The van der Waals surface area contributed by atoms with Crippen molar-refractivity contribution in [1.82, 2.24) is 4.98 Å². The van der Waals surface area contributed by atoms with Crippen LogP contribution in [0.15, 0.2) is 12.3 Å². The maximum absolute atomic E-state index is 13.3. The molecule has 0 aliphatic heterocycles. The van der Waals surface area contributed by atoms with Crippen molar-refractivity contribution < 1.29 is 14.2 Å². The van der Waals surface area contributed by atoms with Crippen LogP contribution in [-0.4, -0.2) is 23.3 Å². The summed E-state index contributed by atoms with van der Waals surface area (Å²) in [4.78, 5) is 3.73. The second kappa shape index (κ2) is 4.77. The summed E-state index contributed by atoms with van der Waals surface area (Å²) in [5.74, 6) is -0.466. The first-order valence-corrected chi connectivity index (χ1v) is 4.16. The zero-order valence-corrected chi connectivity index (χ0v) is 7.46. The van der Waals surface area contributed by atoms with Crippen molar-refractivity contribution >= 4 is 0 Å². The lowest BCUT2D eigenvalue weighted by atomic mass is 10.2. The molecule has 0 saturated carbocycles. The van der Waals surface area contributed by atoms with Crippen LogP contribution in [-0.2, 0) is 6.42 Å². The molecule has 0 radical (unpaired) electrons. The van der Waals surface area contributed by atoms with Crippen LogP contribution in [0.5, 0.6) is 5.88 Å². The monoisotopic (exact) mass is 185 g/mol. The Kier molecular flexibility index (Phi) is 3.64. The van der Waals surface area contributed by atoms with E-state index in [0.717, 1.165) is 0 Å². The molecular formula is C9H12FNO2. The van der Waals surface area contributed by atoms with E-state index in [1.807, 2.05) is 0 Å². The number of rotatable bonds is 4. The van der Waals surface area contributed by atoms with Gasteiger partial charge in [-0.25, -0.2) is 9.37 Å². The Balaban J connectivity index is 2.89. The summed E-state index contributed by atoms with van der Waals surface area (Å²) in [6.07, 6.45) is 1.76. The summed E-state index contributed by atoms with van der Waals surface area (Å²) in [7, 11) is 0. The van der Waals surface area contributed by atoms with E-state index in [9.17, 15) is 4.39 Å². The lowest BCUT2D eigenvalue weighted by Crippen LogP contribution is -2.02. The fourth-order valence-electron chi connectivity index (χ4n) is 1.01. The van der Waals surface area contributed by atoms with Gasteiger partial charge in [-0.1, -0.05) is 0 Å². The van der Waals surface area contributed by atoms with Crippen LogP contribution in [0.2, 0.25) is 0 Å². The summed E-state index contributed by atoms with van der Waals surface area (Å²) in [5, 5.41) is 8.64. The van der Waals surface area contributed by atoms with Gasteiger partial charge in [0.25, 0.3) is 5.88 Å². The summed E-state index contributed by atoms with van der Waals surface area (Å²) < 4.78 is 18.3. The minimum absolute atomic E-state index is 0.00782. The van der Waals surface area contributed by atoms with Gasteiger partial charge in [-0.3, -0.25) is 0 Å². The van der Waals surface area contributed by atoms with E-state index >= 15 is 0 Å². The molecule has 1 aromatic heterocycles. The van der Waals surface area contributed by atoms with Crippen molar-refractivity contribution in [3.8, 4) is 5.88 Å². The van der Waals surface area contributed by atoms with Crippen LogP contribution >= 0.6 is 0 Å². The van der Waals surface area contributed by atoms with Gasteiger partial charge < -0.3 is 9.84 Å². The number of aliphatic hydroxyl groups is 1. The van der Waals surface area contributed by atoms with Crippen molar-refractivity contribution in [3.63, 3.8) is 0 Å². The SMILES string of the molecule is CCOc1nccc(CCO)c1F. The Hall–Kier alpha value is -1.16. The van der Waals surface area contributed by atoms with E-state index in [1.54, 1.807) is 6.92 Å². The van der Waals surface area contributed by atoms with Crippen molar-refractivity contribution in [2.45, 2.75) is 13.3 Å². The third kappa shape index (κ3) is 2.39. The predicted octanol–water partition coefficient (Wildman–Crippen LogP) is 1.15. The Bertz CT molecular complexity index is 254. The third-order valence-corrected chi connectivity index (χ3v) is 1.60. The molecule has 1 rings (SSSR count). The lowest BCUT2D eigenvalue weighted by Gasteiger charge is -2.05. The van der Waals surface area contributed by atoms with Gasteiger partial charge in [-0.2, -0.15) is 0 Å². The minimum atomic E-state index is -0.474. The van der Waals surface area contributed by atoms with E-state index in [2.05, 4.69) is 4.98 Å². The van der Waals surface area contributed by atoms with E-state index in [1.165, 1.54) is 12.3 Å². The van der Waals surface area contributed by atoms with Gasteiger partial charge in [0.1, 0.15) is 0 Å². The highest BCUT2D eigenvalue weighted by atomic mass is 19.1.